The van der Waals surface area contributed by atoms with Crippen LogP contribution in [-0.2, 0) is 0 Å². The maximum atomic E-state index is 5.41. The molecule has 1 aliphatic rings. The number of nitrogens with two attached hydrogens (primary N) is 1. The second-order valence-corrected chi connectivity index (χ2v) is 5.05. The second kappa shape index (κ2) is 5.59. The van der Waals surface area contributed by atoms with Gasteiger partial charge in [0.2, 0.25) is 5.95 Å². The highest BCUT2D eigenvalue weighted by molar-refractivity contribution is 5.87. The van der Waals surface area contributed by atoms with Gasteiger partial charge < -0.3 is 10.2 Å². The molecule has 1 saturated heterocycles. The van der Waals surface area contributed by atoms with Gasteiger partial charge in [0, 0.05) is 12.6 Å². The van der Waals surface area contributed by atoms with E-state index in [0.29, 0.717) is 17.6 Å². The maximum Gasteiger partial charge on any atom is 0.241 e. The molecule has 5 N–H and O–H groups in total. The summed E-state index contributed by atoms with van der Waals surface area (Å²) in [6, 6.07) is 0.391. The number of nitrogens with zero attached hydrogens (tertiary/aromatic N) is 4. The zero-order valence-electron chi connectivity index (χ0n) is 11.6. The molecule has 1 fully saturated rings. The highest BCUT2D eigenvalue weighted by atomic mass is 15.3. The zero-order chi connectivity index (χ0) is 13.9. The quantitative estimate of drug-likeness (QED) is 0.476. The lowest BCUT2D eigenvalue weighted by atomic mass is 10.1. The molecular weight excluding hydrogens is 256 g/mol. The van der Waals surface area contributed by atoms with E-state index in [9.17, 15) is 0 Å². The van der Waals surface area contributed by atoms with Crippen molar-refractivity contribution in [3.63, 3.8) is 0 Å². The smallest absolute Gasteiger partial charge is 0.241 e. The number of hydrogen-bond acceptors (Lipinski definition) is 7. The van der Waals surface area contributed by atoms with Gasteiger partial charge in [-0.1, -0.05) is 6.92 Å². The minimum Gasteiger partial charge on any atom is -0.365 e. The number of anilines is 2. The molecule has 0 bridgehead atoms. The van der Waals surface area contributed by atoms with Gasteiger partial charge in [0.05, 0.1) is 11.6 Å². The predicted molar refractivity (Wildman–Crippen MR) is 78.3 cm³/mol. The first kappa shape index (κ1) is 13.1. The van der Waals surface area contributed by atoms with Crippen molar-refractivity contribution in [3.05, 3.63) is 6.20 Å². The Bertz CT molecular complexity index is 580. The van der Waals surface area contributed by atoms with Gasteiger partial charge in [-0.05, 0) is 25.9 Å². The van der Waals surface area contributed by atoms with Crippen molar-refractivity contribution >= 4 is 22.8 Å². The van der Waals surface area contributed by atoms with Crippen LogP contribution in [0, 0.1) is 0 Å². The van der Waals surface area contributed by atoms with E-state index in [1.807, 2.05) is 0 Å². The Morgan fingerprint density at radius 1 is 1.50 bits per heavy atom. The minimum atomic E-state index is 0.382. The molecule has 1 atom stereocenters. The van der Waals surface area contributed by atoms with Crippen LogP contribution < -0.4 is 16.6 Å². The number of nitrogen functional groups attached to an aromatic ring is 1. The van der Waals surface area contributed by atoms with Gasteiger partial charge >= 0.3 is 0 Å². The summed E-state index contributed by atoms with van der Waals surface area (Å²) in [5, 5.41) is 11.2. The molecule has 1 unspecified atom stereocenters. The monoisotopic (exact) mass is 276 g/mol. The molecule has 1 aliphatic heterocycles. The predicted octanol–water partition coefficient (Wildman–Crippen LogP) is 0.535. The Hall–Kier alpha value is -1.93. The Morgan fingerprint density at radius 2 is 2.40 bits per heavy atom. The first-order valence-electron chi connectivity index (χ1n) is 6.96. The molecule has 0 amide bonds. The Balaban J connectivity index is 1.84. The molecule has 8 heteroatoms. The lowest BCUT2D eigenvalue weighted by molar-refractivity contribution is 0.226. The largest absolute Gasteiger partial charge is 0.365 e. The normalized spacial score (nSPS) is 20.2. The summed E-state index contributed by atoms with van der Waals surface area (Å²) in [4.78, 5) is 11.1. The summed E-state index contributed by atoms with van der Waals surface area (Å²) in [5.41, 5.74) is 3.17. The van der Waals surface area contributed by atoms with Gasteiger partial charge in [-0.25, -0.2) is 5.84 Å². The number of rotatable bonds is 4. The highest BCUT2D eigenvalue weighted by Gasteiger charge is 2.20. The van der Waals surface area contributed by atoms with Crippen LogP contribution in [0.5, 0.6) is 0 Å². The van der Waals surface area contributed by atoms with Crippen molar-refractivity contribution in [3.8, 4) is 0 Å². The number of H-pyrrole nitrogens is 1. The summed E-state index contributed by atoms with van der Waals surface area (Å²) in [6.07, 6.45) is 4.08. The van der Waals surface area contributed by atoms with Crippen molar-refractivity contribution in [1.29, 1.82) is 0 Å². The molecule has 20 heavy (non-hydrogen) atoms. The van der Waals surface area contributed by atoms with E-state index in [1.165, 1.54) is 13.0 Å². The van der Waals surface area contributed by atoms with Crippen LogP contribution in [0.2, 0.25) is 0 Å². The van der Waals surface area contributed by atoms with Crippen molar-refractivity contribution in [2.45, 2.75) is 25.8 Å². The fourth-order valence-electron chi connectivity index (χ4n) is 2.66. The number of aromatic nitrogens is 4. The number of fused-ring (bicyclic) bond motifs is 1. The lowest BCUT2D eigenvalue weighted by Gasteiger charge is -2.32. The first-order valence-corrected chi connectivity index (χ1v) is 6.96. The number of piperidine rings is 1. The van der Waals surface area contributed by atoms with Crippen LogP contribution >= 0.6 is 0 Å². The fraction of sp³-hybridized carbons (Fsp3) is 0.583. The summed E-state index contributed by atoms with van der Waals surface area (Å²) in [7, 11) is 0. The van der Waals surface area contributed by atoms with E-state index in [0.717, 1.165) is 30.7 Å². The van der Waals surface area contributed by atoms with Crippen LogP contribution in [0.3, 0.4) is 0 Å². The van der Waals surface area contributed by atoms with E-state index < -0.39 is 0 Å². The van der Waals surface area contributed by atoms with Crippen molar-refractivity contribution in [1.82, 2.24) is 25.1 Å². The molecule has 0 saturated carbocycles. The third kappa shape index (κ3) is 2.52. The fourth-order valence-corrected chi connectivity index (χ4v) is 2.66. The van der Waals surface area contributed by atoms with E-state index in [1.54, 1.807) is 6.20 Å². The molecular formula is C12H20N8. The second-order valence-electron chi connectivity index (χ2n) is 5.05. The third-order valence-corrected chi connectivity index (χ3v) is 3.73. The summed E-state index contributed by atoms with van der Waals surface area (Å²) in [5.74, 6) is 6.57. The first-order chi connectivity index (χ1) is 9.80. The van der Waals surface area contributed by atoms with Gasteiger partial charge in [0.15, 0.2) is 5.65 Å². The standard InChI is InChI=1S/C12H20N8/c1-2-20-5-3-4-8(7-20)15-10-9-6-14-19-11(9)17-12(16-10)18-13/h6,8H,2-5,7,13H2,1H3,(H3,14,15,16,17,18,19). The molecule has 108 valence electrons. The van der Waals surface area contributed by atoms with E-state index in [4.69, 9.17) is 5.84 Å². The van der Waals surface area contributed by atoms with Gasteiger partial charge in [-0.15, -0.1) is 0 Å². The lowest BCUT2D eigenvalue weighted by Crippen LogP contribution is -2.42. The maximum absolute atomic E-state index is 5.41. The van der Waals surface area contributed by atoms with E-state index >= 15 is 0 Å². The molecule has 8 nitrogen and oxygen atoms in total. The highest BCUT2D eigenvalue weighted by Crippen LogP contribution is 2.22. The molecule has 3 heterocycles. The van der Waals surface area contributed by atoms with Crippen LogP contribution in [0.15, 0.2) is 6.20 Å². The molecule has 3 rings (SSSR count). The summed E-state index contributed by atoms with van der Waals surface area (Å²) in [6.45, 7) is 5.48. The van der Waals surface area contributed by atoms with Gasteiger partial charge in [-0.2, -0.15) is 15.1 Å². The number of hydrogen-bond donors (Lipinski definition) is 4. The van der Waals surface area contributed by atoms with Crippen LogP contribution in [0.25, 0.3) is 11.0 Å². The third-order valence-electron chi connectivity index (χ3n) is 3.73. The molecule has 0 spiro atoms. The van der Waals surface area contributed by atoms with Gasteiger partial charge in [-0.3, -0.25) is 10.5 Å². The average molecular weight is 276 g/mol. The van der Waals surface area contributed by atoms with Crippen molar-refractivity contribution in [2.75, 3.05) is 30.4 Å². The number of nitrogens with one attached hydrogen (secondary N) is 3. The van der Waals surface area contributed by atoms with Crippen molar-refractivity contribution in [2.24, 2.45) is 5.84 Å². The topological polar surface area (TPSA) is 108 Å². The zero-order valence-corrected chi connectivity index (χ0v) is 11.6. The number of likely N-dealkylation sites (tertiary alicyclic amines) is 1. The Labute approximate surface area is 117 Å². The number of likely N-dealkylation sites (N-methyl/N-ethyl adjacent to an activating group) is 1. The van der Waals surface area contributed by atoms with Gasteiger partial charge in [0.25, 0.3) is 0 Å². The molecule has 2 aromatic heterocycles. The van der Waals surface area contributed by atoms with Crippen molar-refractivity contribution < 1.29 is 0 Å². The van der Waals surface area contributed by atoms with E-state index in [2.05, 4.69) is 42.7 Å². The van der Waals surface area contributed by atoms with Crippen LogP contribution in [0.4, 0.5) is 11.8 Å². The minimum absolute atomic E-state index is 0.382. The van der Waals surface area contributed by atoms with E-state index in [-0.39, 0.29) is 0 Å². The molecule has 0 aliphatic carbocycles. The van der Waals surface area contributed by atoms with Crippen LogP contribution in [-0.4, -0.2) is 50.7 Å². The Kier molecular flexibility index (Phi) is 3.66. The molecule has 0 aromatic carbocycles. The SMILES string of the molecule is CCN1CCCC(Nc2nc(NN)nc3[nH]ncc23)C1. The number of aromatic amines is 1. The summed E-state index contributed by atoms with van der Waals surface area (Å²) < 4.78 is 0. The van der Waals surface area contributed by atoms with Gasteiger partial charge in [0.1, 0.15) is 5.82 Å². The Morgan fingerprint density at radius 3 is 3.20 bits per heavy atom. The summed E-state index contributed by atoms with van der Waals surface area (Å²) >= 11 is 0. The average Bonchev–Trinajstić information content (AvgIpc) is 2.96. The molecule has 2 aromatic rings. The van der Waals surface area contributed by atoms with Crippen LogP contribution in [0.1, 0.15) is 19.8 Å². The number of hydrazine groups is 1. The molecule has 0 radical (unpaired) electrons.